The molecule has 0 radical (unpaired) electrons. The Labute approximate surface area is 67.3 Å². The standard InChI is InChI=1S/C7H15ClN2/c1-6(8)5-9-10-7-3-2-4-7/h6-7,9-10H,2-5H2,1H3. The average Bonchev–Trinajstić information content (AvgIpc) is 1.75. The van der Waals surface area contributed by atoms with Gasteiger partial charge in [-0.1, -0.05) is 6.42 Å². The number of hydrogen-bond donors (Lipinski definition) is 2. The maximum Gasteiger partial charge on any atom is 0.0446 e. The van der Waals surface area contributed by atoms with Gasteiger partial charge in [0.1, 0.15) is 0 Å². The quantitative estimate of drug-likeness (QED) is 0.481. The third-order valence-electron chi connectivity index (χ3n) is 1.79. The summed E-state index contributed by atoms with van der Waals surface area (Å²) in [6.07, 6.45) is 3.99. The normalized spacial score (nSPS) is 22.2. The molecule has 0 spiro atoms. The van der Waals surface area contributed by atoms with Gasteiger partial charge in [0.2, 0.25) is 0 Å². The molecule has 2 N–H and O–H groups in total. The van der Waals surface area contributed by atoms with Crippen molar-refractivity contribution < 1.29 is 0 Å². The second kappa shape index (κ2) is 4.16. The van der Waals surface area contributed by atoms with E-state index in [1.165, 1.54) is 19.3 Å². The Kier molecular flexibility index (Phi) is 3.46. The van der Waals surface area contributed by atoms with E-state index >= 15 is 0 Å². The van der Waals surface area contributed by atoms with Crippen LogP contribution >= 0.6 is 11.6 Å². The number of rotatable bonds is 4. The van der Waals surface area contributed by atoms with Crippen molar-refractivity contribution in [3.05, 3.63) is 0 Å². The molecular formula is C7H15ClN2. The van der Waals surface area contributed by atoms with Crippen LogP contribution in [0.3, 0.4) is 0 Å². The minimum absolute atomic E-state index is 0.215. The predicted molar refractivity (Wildman–Crippen MR) is 44.1 cm³/mol. The third-order valence-corrected chi connectivity index (χ3v) is 1.95. The lowest BCUT2D eigenvalue weighted by molar-refractivity contribution is 0.302. The molecule has 1 rings (SSSR count). The zero-order valence-electron chi connectivity index (χ0n) is 6.36. The minimum Gasteiger partial charge on any atom is -0.256 e. The summed E-state index contributed by atoms with van der Waals surface area (Å²) in [6.45, 7) is 2.83. The first-order chi connectivity index (χ1) is 4.79. The summed E-state index contributed by atoms with van der Waals surface area (Å²) < 4.78 is 0. The Bertz CT molecular complexity index is 91.6. The first-order valence-electron chi connectivity index (χ1n) is 3.91. The van der Waals surface area contributed by atoms with Crippen molar-refractivity contribution in [1.82, 2.24) is 10.9 Å². The Balaban J connectivity index is 1.85. The van der Waals surface area contributed by atoms with Gasteiger partial charge in [0.05, 0.1) is 0 Å². The van der Waals surface area contributed by atoms with Crippen molar-refractivity contribution in [1.29, 1.82) is 0 Å². The highest BCUT2D eigenvalue weighted by Crippen LogP contribution is 2.16. The monoisotopic (exact) mass is 162 g/mol. The molecule has 0 saturated heterocycles. The summed E-state index contributed by atoms with van der Waals surface area (Å²) in [5.74, 6) is 0. The largest absolute Gasteiger partial charge is 0.256 e. The van der Waals surface area contributed by atoms with Crippen LogP contribution in [-0.4, -0.2) is 18.0 Å². The lowest BCUT2D eigenvalue weighted by Gasteiger charge is -2.26. The first-order valence-corrected chi connectivity index (χ1v) is 4.35. The lowest BCUT2D eigenvalue weighted by atomic mass is 9.94. The van der Waals surface area contributed by atoms with E-state index in [2.05, 4.69) is 10.9 Å². The van der Waals surface area contributed by atoms with Gasteiger partial charge in [-0.05, 0) is 19.8 Å². The highest BCUT2D eigenvalue weighted by Gasteiger charge is 2.15. The van der Waals surface area contributed by atoms with Crippen LogP contribution < -0.4 is 10.9 Å². The molecule has 2 nitrogen and oxygen atoms in total. The number of alkyl halides is 1. The van der Waals surface area contributed by atoms with Crippen LogP contribution in [0.2, 0.25) is 0 Å². The number of hydrazine groups is 1. The van der Waals surface area contributed by atoms with Crippen molar-refractivity contribution >= 4 is 11.6 Å². The topological polar surface area (TPSA) is 24.1 Å². The molecule has 0 aliphatic heterocycles. The van der Waals surface area contributed by atoms with Crippen LogP contribution in [0.5, 0.6) is 0 Å². The van der Waals surface area contributed by atoms with E-state index in [1.54, 1.807) is 0 Å². The predicted octanol–water partition coefficient (Wildman–Crippen LogP) is 1.26. The molecule has 1 fully saturated rings. The van der Waals surface area contributed by atoms with Gasteiger partial charge in [0, 0.05) is 18.0 Å². The number of halogens is 1. The summed E-state index contributed by atoms with van der Waals surface area (Å²) in [4.78, 5) is 0. The van der Waals surface area contributed by atoms with Crippen molar-refractivity contribution in [3.63, 3.8) is 0 Å². The van der Waals surface area contributed by atoms with Crippen molar-refractivity contribution in [2.45, 2.75) is 37.6 Å². The van der Waals surface area contributed by atoms with Gasteiger partial charge in [-0.2, -0.15) is 0 Å². The Morgan fingerprint density at radius 2 is 2.30 bits per heavy atom. The molecule has 1 atom stereocenters. The molecule has 0 heterocycles. The highest BCUT2D eigenvalue weighted by atomic mass is 35.5. The van der Waals surface area contributed by atoms with E-state index in [0.29, 0.717) is 6.04 Å². The van der Waals surface area contributed by atoms with Crippen LogP contribution in [-0.2, 0) is 0 Å². The molecule has 1 unspecified atom stereocenters. The van der Waals surface area contributed by atoms with Crippen molar-refractivity contribution in [2.75, 3.05) is 6.54 Å². The van der Waals surface area contributed by atoms with Gasteiger partial charge in [0.25, 0.3) is 0 Å². The van der Waals surface area contributed by atoms with Gasteiger partial charge < -0.3 is 0 Å². The number of nitrogens with one attached hydrogen (secondary N) is 2. The van der Waals surface area contributed by atoms with E-state index in [4.69, 9.17) is 11.6 Å². The van der Waals surface area contributed by atoms with E-state index in [-0.39, 0.29) is 5.38 Å². The van der Waals surface area contributed by atoms with Gasteiger partial charge in [-0.15, -0.1) is 11.6 Å². The summed E-state index contributed by atoms with van der Waals surface area (Å²) in [5, 5.41) is 0.215. The third kappa shape index (κ3) is 2.86. The molecule has 0 amide bonds. The molecule has 0 aromatic carbocycles. The smallest absolute Gasteiger partial charge is 0.0446 e. The van der Waals surface area contributed by atoms with Crippen LogP contribution in [0.4, 0.5) is 0 Å². The van der Waals surface area contributed by atoms with Gasteiger partial charge in [-0.25, -0.2) is 0 Å². The van der Waals surface area contributed by atoms with Crippen molar-refractivity contribution in [2.24, 2.45) is 0 Å². The zero-order chi connectivity index (χ0) is 7.40. The molecule has 0 aromatic rings. The van der Waals surface area contributed by atoms with Crippen LogP contribution in [0.25, 0.3) is 0 Å². The summed E-state index contributed by atoms with van der Waals surface area (Å²) in [5.41, 5.74) is 6.32. The first kappa shape index (κ1) is 8.31. The summed E-state index contributed by atoms with van der Waals surface area (Å²) in [7, 11) is 0. The molecule has 3 heteroatoms. The van der Waals surface area contributed by atoms with E-state index < -0.39 is 0 Å². The van der Waals surface area contributed by atoms with Crippen molar-refractivity contribution in [3.8, 4) is 0 Å². The van der Waals surface area contributed by atoms with E-state index in [1.807, 2.05) is 6.92 Å². The molecule has 0 bridgehead atoms. The summed E-state index contributed by atoms with van der Waals surface area (Å²) in [6, 6.07) is 0.704. The molecule has 0 aromatic heterocycles. The molecule has 1 saturated carbocycles. The Hall–Kier alpha value is 0.210. The fraction of sp³-hybridized carbons (Fsp3) is 1.00. The maximum absolute atomic E-state index is 5.72. The average molecular weight is 163 g/mol. The van der Waals surface area contributed by atoms with E-state index in [0.717, 1.165) is 6.54 Å². The van der Waals surface area contributed by atoms with Crippen LogP contribution in [0.15, 0.2) is 0 Å². The maximum atomic E-state index is 5.72. The fourth-order valence-corrected chi connectivity index (χ4v) is 0.974. The molecule has 60 valence electrons. The van der Waals surface area contributed by atoms with E-state index in [9.17, 15) is 0 Å². The Morgan fingerprint density at radius 3 is 2.70 bits per heavy atom. The lowest BCUT2D eigenvalue weighted by Crippen LogP contribution is -2.46. The number of hydrogen-bond acceptors (Lipinski definition) is 2. The zero-order valence-corrected chi connectivity index (χ0v) is 7.12. The second-order valence-electron chi connectivity index (χ2n) is 2.93. The molecule has 1 aliphatic rings. The second-order valence-corrected chi connectivity index (χ2v) is 3.68. The van der Waals surface area contributed by atoms with Gasteiger partial charge >= 0.3 is 0 Å². The summed E-state index contributed by atoms with van der Waals surface area (Å²) >= 11 is 5.72. The van der Waals surface area contributed by atoms with Crippen LogP contribution in [0.1, 0.15) is 26.2 Å². The van der Waals surface area contributed by atoms with Gasteiger partial charge in [-0.3, -0.25) is 10.9 Å². The SMILES string of the molecule is CC(Cl)CNNC1CCC1. The molecule has 1 aliphatic carbocycles. The van der Waals surface area contributed by atoms with Gasteiger partial charge in [0.15, 0.2) is 0 Å². The minimum atomic E-state index is 0.215. The highest BCUT2D eigenvalue weighted by molar-refractivity contribution is 6.20. The van der Waals surface area contributed by atoms with Crippen LogP contribution in [0, 0.1) is 0 Å². The molecule has 10 heavy (non-hydrogen) atoms. The molecular weight excluding hydrogens is 148 g/mol. The Morgan fingerprint density at radius 1 is 1.60 bits per heavy atom. The fourth-order valence-electron chi connectivity index (χ4n) is 0.896.